The topological polar surface area (TPSA) is 6.48 Å². The van der Waals surface area contributed by atoms with E-state index in [1.165, 1.54) is 104 Å². The third-order valence-electron chi connectivity index (χ3n) is 25.9. The van der Waals surface area contributed by atoms with Crippen LogP contribution in [-0.4, -0.2) is 33.5 Å². The van der Waals surface area contributed by atoms with E-state index in [4.69, 9.17) is 0 Å². The number of hydrogen-bond acceptors (Lipinski definition) is 2. The van der Waals surface area contributed by atoms with Crippen molar-refractivity contribution in [2.45, 2.75) is 242 Å². The van der Waals surface area contributed by atoms with E-state index in [0.29, 0.717) is 39.9 Å². The fraction of sp³-hybridized carbons (Fsp3) is 0.469. The summed E-state index contributed by atoms with van der Waals surface area (Å²) < 4.78 is 0. The van der Waals surface area contributed by atoms with Gasteiger partial charge in [0, 0.05) is 23.8 Å². The van der Waals surface area contributed by atoms with Crippen molar-refractivity contribution in [3.63, 3.8) is 0 Å². The molecule has 10 aliphatic carbocycles. The number of anilines is 2. The van der Waals surface area contributed by atoms with Gasteiger partial charge in [-0.15, -0.1) is 0 Å². The van der Waals surface area contributed by atoms with E-state index in [2.05, 4.69) is 312 Å². The zero-order chi connectivity index (χ0) is 69.5. The molecule has 0 amide bonds. The van der Waals surface area contributed by atoms with Crippen molar-refractivity contribution in [2.75, 3.05) is 16.5 Å². The van der Waals surface area contributed by atoms with Crippen molar-refractivity contribution in [1.29, 1.82) is 0 Å². The van der Waals surface area contributed by atoms with Gasteiger partial charge in [-0.25, -0.2) is 0 Å². The summed E-state index contributed by atoms with van der Waals surface area (Å²) in [6.45, 7) is 28.7. The summed E-state index contributed by atoms with van der Waals surface area (Å²) in [5, 5.41) is 1.85. The fourth-order valence-electron chi connectivity index (χ4n) is 24.0. The Labute approximate surface area is 639 Å². The number of benzene rings is 8. The Morgan fingerprint density at radius 3 is 0.951 bits per heavy atom. The van der Waals surface area contributed by atoms with Crippen LogP contribution in [0.4, 0.5) is 11.4 Å². The number of aryl methyl sites for hydroxylation is 6. The van der Waals surface area contributed by atoms with Crippen molar-refractivity contribution in [3.05, 3.63) is 300 Å². The van der Waals surface area contributed by atoms with E-state index < -0.39 is 0 Å². The molecular formula is C98H126FeN2P2. The smallest absolute Gasteiger partial charge is 0.358 e. The molecule has 1 unspecified atom stereocenters. The molecule has 0 aromatic heterocycles. The van der Waals surface area contributed by atoms with E-state index in [1.54, 1.807) is 76.2 Å². The Morgan fingerprint density at radius 1 is 0.379 bits per heavy atom. The maximum absolute atomic E-state index is 2.46. The first kappa shape index (κ1) is 78.5. The van der Waals surface area contributed by atoms with Crippen LogP contribution in [0.3, 0.4) is 0 Å². The summed E-state index contributed by atoms with van der Waals surface area (Å²) in [7, 11) is 0.295. The molecule has 0 saturated heterocycles. The summed E-state index contributed by atoms with van der Waals surface area (Å²) in [6, 6.07) is 76.9. The molecule has 0 N–H and O–H groups in total. The molecule has 19 rings (SSSR count). The molecule has 0 radical (unpaired) electrons. The Bertz CT molecular complexity index is 3550. The van der Waals surface area contributed by atoms with Crippen LogP contribution in [-0.2, 0) is 23.2 Å². The average molecular weight is 1450 g/mol. The van der Waals surface area contributed by atoms with Crippen LogP contribution in [0, 0.1) is 97.8 Å². The second kappa shape index (κ2) is 33.7. The Morgan fingerprint density at radius 2 is 0.660 bits per heavy atom. The zero-order valence-corrected chi connectivity index (χ0v) is 68.4. The molecule has 2 nitrogen and oxygen atoms in total. The quantitative estimate of drug-likeness (QED) is 0.0683. The second-order valence-electron chi connectivity index (χ2n) is 35.4. The maximum atomic E-state index is 2.46. The van der Waals surface area contributed by atoms with Gasteiger partial charge in [0.25, 0.3) is 0 Å². The first-order valence-electron chi connectivity index (χ1n) is 39.5. The first-order valence-corrected chi connectivity index (χ1v) is 42.5. The van der Waals surface area contributed by atoms with E-state index >= 15 is 0 Å². The van der Waals surface area contributed by atoms with Gasteiger partial charge in [-0.2, -0.15) is 0 Å². The average Bonchev–Trinajstić information content (AvgIpc) is 1.56. The van der Waals surface area contributed by atoms with Crippen LogP contribution in [0.2, 0.25) is 0 Å². The summed E-state index contributed by atoms with van der Waals surface area (Å²) in [5.41, 5.74) is 21.7. The van der Waals surface area contributed by atoms with Gasteiger partial charge < -0.3 is 24.7 Å². The van der Waals surface area contributed by atoms with Crippen LogP contribution in [0.25, 0.3) is 0 Å². The normalized spacial score (nSPS) is 28.0. The standard InChI is InChI=1S/C35H30.C27H37P.C21H26N2.C13H27P.2CH3.Fe/c1-6-16-26(17-7-1)31-32(27-18-8-2-9-19-27)34(29-22-12-4-13-23-29)35(30-24-14-5-15-25-30)33(31)28-20-10-3-11-21-28;1-2-4-18(5-3-1)17-28(26-24-10-19-6-20(12-24)13-25(26)11-19)27-14-21-7-22(15-27)9-23(8-21)16-27;1-14-9-16(3)20(17(4)10-14)22-7-8-23(13-22)21-18(5)11-15(2)12-19(21)6;1-12(2,3)14(13(4,5)6)11-9-7-8-10-11;;;/h1-25,31-35H;1-5,19-26H,6-17H2;7-12H,13H2,1-6H3;11H,7-10H2,1-6H3;2*1H3;/q;;;;2*-1;+2. The molecule has 1 heterocycles. The van der Waals surface area contributed by atoms with Crippen molar-refractivity contribution in [2.24, 2.45) is 41.4 Å². The maximum Gasteiger partial charge on any atom is 2.00 e. The van der Waals surface area contributed by atoms with Gasteiger partial charge in [0.1, 0.15) is 0 Å². The molecule has 5 heteroatoms. The summed E-state index contributed by atoms with van der Waals surface area (Å²) in [4.78, 5) is 4.70. The van der Waals surface area contributed by atoms with Crippen molar-refractivity contribution < 1.29 is 17.1 Å². The predicted octanol–water partition coefficient (Wildman–Crippen LogP) is 27.6. The molecule has 8 aromatic carbocycles. The third kappa shape index (κ3) is 17.2. The Kier molecular flexibility index (Phi) is 25.7. The molecule has 1 atom stereocenters. The summed E-state index contributed by atoms with van der Waals surface area (Å²) in [5.74, 6) is 9.64. The molecule has 11 aliphatic rings. The molecule has 8 aromatic rings. The van der Waals surface area contributed by atoms with Crippen LogP contribution in [0.5, 0.6) is 0 Å². The van der Waals surface area contributed by atoms with Gasteiger partial charge in [-0.3, -0.25) is 0 Å². The van der Waals surface area contributed by atoms with Gasteiger partial charge in [0.05, 0.1) is 6.67 Å². The molecule has 1 aliphatic heterocycles. The Hall–Kier alpha value is -5.52. The monoisotopic (exact) mass is 1450 g/mol. The minimum Gasteiger partial charge on any atom is -0.358 e. The number of hydrogen-bond donors (Lipinski definition) is 0. The van der Waals surface area contributed by atoms with Crippen molar-refractivity contribution in [1.82, 2.24) is 0 Å². The molecule has 0 spiro atoms. The van der Waals surface area contributed by atoms with Gasteiger partial charge in [0.15, 0.2) is 0 Å². The number of nitrogens with zero attached hydrogens (tertiary/aromatic N) is 2. The third-order valence-corrected chi connectivity index (χ3v) is 34.1. The van der Waals surface area contributed by atoms with Gasteiger partial charge >= 0.3 is 17.1 Å². The van der Waals surface area contributed by atoms with E-state index in [1.807, 2.05) is 0 Å². The predicted molar refractivity (Wildman–Crippen MR) is 446 cm³/mol. The minimum atomic E-state index is 0. The van der Waals surface area contributed by atoms with Crippen LogP contribution in [0.15, 0.2) is 219 Å². The van der Waals surface area contributed by atoms with E-state index in [9.17, 15) is 0 Å². The second-order valence-corrected chi connectivity index (χ2v) is 42.3. The number of rotatable bonds is 12. The molecule has 546 valence electrons. The molecule has 8 bridgehead atoms. The van der Waals surface area contributed by atoms with Gasteiger partial charge in [0.2, 0.25) is 0 Å². The summed E-state index contributed by atoms with van der Waals surface area (Å²) >= 11 is 0. The largest absolute Gasteiger partial charge is 2.00 e. The van der Waals surface area contributed by atoms with E-state index in [-0.39, 0.29) is 47.8 Å². The Balaban J connectivity index is 0.000000142. The van der Waals surface area contributed by atoms with E-state index in [0.717, 1.165) is 64.6 Å². The van der Waals surface area contributed by atoms with Crippen LogP contribution in [0.1, 0.15) is 234 Å². The van der Waals surface area contributed by atoms with Gasteiger partial charge in [-0.05, 0) is 285 Å². The summed E-state index contributed by atoms with van der Waals surface area (Å²) in [6.07, 6.45) is 29.7. The minimum absolute atomic E-state index is 0. The zero-order valence-electron chi connectivity index (χ0n) is 65.5. The SMILES string of the molecule is CC(C)(C)P(C1CCCC1)C(C)(C)C.Cc1cc(C)c(N2C=CN(c3c(C)cc(C)cc3C)C2)c(C)c1.[CH3-].[CH3-].[Fe+2].c1ccc(C2C(c3ccccc3)C(c3ccccc3)C(c3ccccc3)C2c2ccccc2)cc1.c1ccc(CP(C2C3CC4CC(C3)CC2C4)C23CC4CC(CC(C4)C2)C3)cc1. The van der Waals surface area contributed by atoms with Gasteiger partial charge in [-0.1, -0.05) is 288 Å². The molecular weight excluding hydrogens is 1320 g/mol. The van der Waals surface area contributed by atoms with Crippen molar-refractivity contribution >= 4 is 27.2 Å². The van der Waals surface area contributed by atoms with Crippen LogP contribution < -0.4 is 9.80 Å². The van der Waals surface area contributed by atoms with Crippen molar-refractivity contribution in [3.8, 4) is 0 Å². The molecule has 10 fully saturated rings. The molecule has 10 saturated carbocycles. The van der Waals surface area contributed by atoms with Crippen LogP contribution >= 0.6 is 15.8 Å². The molecule has 103 heavy (non-hydrogen) atoms. The fourth-order valence-corrected chi connectivity index (χ4v) is 33.8. The first-order chi connectivity index (χ1) is 48.2.